The first kappa shape index (κ1) is 17.5. The minimum absolute atomic E-state index is 0.0284. The predicted octanol–water partition coefficient (Wildman–Crippen LogP) is 1.76. The number of amides is 1. The molecule has 7 heteroatoms. The third-order valence-electron chi connectivity index (χ3n) is 4.32. The fourth-order valence-corrected chi connectivity index (χ4v) is 3.07. The van der Waals surface area contributed by atoms with Crippen LogP contribution >= 0.6 is 0 Å². The van der Waals surface area contributed by atoms with Crippen molar-refractivity contribution < 1.29 is 9.53 Å². The van der Waals surface area contributed by atoms with Gasteiger partial charge in [-0.25, -0.2) is 9.78 Å². The van der Waals surface area contributed by atoms with E-state index in [-0.39, 0.29) is 17.7 Å². The van der Waals surface area contributed by atoms with Crippen LogP contribution in [-0.4, -0.2) is 47.1 Å². The summed E-state index contributed by atoms with van der Waals surface area (Å²) in [5.41, 5.74) is 0.616. The van der Waals surface area contributed by atoms with E-state index >= 15 is 0 Å². The van der Waals surface area contributed by atoms with E-state index in [4.69, 9.17) is 12.6 Å². The Hall–Kier alpha value is -2.31. The van der Waals surface area contributed by atoms with E-state index in [9.17, 15) is 9.59 Å². The van der Waals surface area contributed by atoms with Crippen LogP contribution in [0.1, 0.15) is 39.7 Å². The molecule has 0 bridgehead atoms. The highest BCUT2D eigenvalue weighted by Crippen LogP contribution is 2.23. The molecular weight excluding hydrogens is 317 g/mol. The van der Waals surface area contributed by atoms with Gasteiger partial charge >= 0.3 is 6.09 Å². The number of hydrogen-bond acceptors (Lipinski definition) is 4. The largest absolute Gasteiger partial charge is 0.444 e. The molecule has 1 aliphatic heterocycles. The van der Waals surface area contributed by atoms with Crippen LogP contribution in [0, 0.1) is 0 Å². The number of hydrogen-bond donors (Lipinski definition) is 0. The zero-order valence-corrected chi connectivity index (χ0v) is 14.9. The maximum absolute atomic E-state index is 12.7. The van der Waals surface area contributed by atoms with Gasteiger partial charge in [-0.3, -0.25) is 9.36 Å². The summed E-state index contributed by atoms with van der Waals surface area (Å²) < 4.78 is 7.08. The van der Waals surface area contributed by atoms with Gasteiger partial charge in [-0.15, -0.1) is 0 Å². The third kappa shape index (κ3) is 3.86. The molecule has 1 saturated heterocycles. The van der Waals surface area contributed by atoms with Gasteiger partial charge in [-0.05, 0) is 45.7 Å². The second-order valence-electron chi connectivity index (χ2n) is 7.43. The van der Waals surface area contributed by atoms with Crippen LogP contribution in [0.5, 0.6) is 0 Å². The fraction of sp³-hybridized carbons (Fsp3) is 0.500. The first-order valence-corrected chi connectivity index (χ1v) is 8.49. The third-order valence-corrected chi connectivity index (χ3v) is 4.32. The number of carbonyl (C=O) groups is 1. The topological polar surface area (TPSA) is 64.4 Å². The summed E-state index contributed by atoms with van der Waals surface area (Å²) in [6.45, 7) is 6.68. The number of ether oxygens (including phenoxy) is 1. The van der Waals surface area contributed by atoms with Crippen molar-refractivity contribution in [2.75, 3.05) is 13.1 Å². The second-order valence-corrected chi connectivity index (χ2v) is 7.43. The Bertz CT molecular complexity index is 849. The standard InChI is InChI=1S/C18H22BN3O3/c1-18(2,3)25-17(24)21-8-6-13(7-9-21)22-11-20-15-10-12(19)4-5-14(15)16(22)23/h4-5,10-11,13H,6-9H2,1-3H3. The van der Waals surface area contributed by atoms with Crippen LogP contribution in [0.3, 0.4) is 0 Å². The molecule has 0 atom stereocenters. The van der Waals surface area contributed by atoms with Crippen LogP contribution in [0.4, 0.5) is 4.79 Å². The molecule has 0 spiro atoms. The van der Waals surface area contributed by atoms with Crippen molar-refractivity contribution in [3.8, 4) is 0 Å². The fourth-order valence-electron chi connectivity index (χ4n) is 3.07. The smallest absolute Gasteiger partial charge is 0.410 e. The number of rotatable bonds is 1. The van der Waals surface area contributed by atoms with Crippen molar-refractivity contribution in [2.45, 2.75) is 45.3 Å². The molecule has 1 fully saturated rings. The number of fused-ring (bicyclic) bond motifs is 1. The van der Waals surface area contributed by atoms with Crippen molar-refractivity contribution >= 4 is 30.3 Å². The van der Waals surface area contributed by atoms with Crippen LogP contribution in [0.2, 0.25) is 0 Å². The maximum atomic E-state index is 12.7. The monoisotopic (exact) mass is 339 g/mol. The molecule has 0 unspecified atom stereocenters. The van der Waals surface area contributed by atoms with Gasteiger partial charge in [0.1, 0.15) is 13.4 Å². The van der Waals surface area contributed by atoms with E-state index in [1.54, 1.807) is 34.0 Å². The van der Waals surface area contributed by atoms with E-state index in [1.807, 2.05) is 20.8 Å². The highest BCUT2D eigenvalue weighted by atomic mass is 16.6. The highest BCUT2D eigenvalue weighted by molar-refractivity contribution is 6.33. The van der Waals surface area contributed by atoms with Gasteiger partial charge in [-0.2, -0.15) is 0 Å². The van der Waals surface area contributed by atoms with E-state index in [0.29, 0.717) is 42.3 Å². The van der Waals surface area contributed by atoms with Gasteiger partial charge < -0.3 is 9.64 Å². The first-order chi connectivity index (χ1) is 11.7. The van der Waals surface area contributed by atoms with Gasteiger partial charge in [0, 0.05) is 19.1 Å². The Morgan fingerprint density at radius 2 is 1.96 bits per heavy atom. The Labute approximate surface area is 148 Å². The molecule has 1 amide bonds. The van der Waals surface area contributed by atoms with Crippen LogP contribution in [0.15, 0.2) is 29.3 Å². The molecular formula is C18H22BN3O3. The quantitative estimate of drug-likeness (QED) is 0.743. The zero-order valence-electron chi connectivity index (χ0n) is 14.9. The van der Waals surface area contributed by atoms with Crippen LogP contribution in [-0.2, 0) is 4.74 Å². The van der Waals surface area contributed by atoms with Crippen molar-refractivity contribution in [1.29, 1.82) is 0 Å². The minimum atomic E-state index is -0.505. The van der Waals surface area contributed by atoms with E-state index in [1.165, 1.54) is 0 Å². The van der Waals surface area contributed by atoms with Gasteiger partial charge in [0.15, 0.2) is 0 Å². The molecule has 130 valence electrons. The normalized spacial score (nSPS) is 16.2. The van der Waals surface area contributed by atoms with E-state index in [2.05, 4.69) is 4.98 Å². The molecule has 1 aromatic carbocycles. The Kier molecular flexibility index (Phi) is 4.58. The summed E-state index contributed by atoms with van der Waals surface area (Å²) in [6.07, 6.45) is 2.67. The van der Waals surface area contributed by atoms with E-state index < -0.39 is 5.60 Å². The lowest BCUT2D eigenvalue weighted by Gasteiger charge is -2.34. The number of nitrogens with zero attached hydrogens (tertiary/aromatic N) is 3. The second kappa shape index (κ2) is 6.54. The van der Waals surface area contributed by atoms with Gasteiger partial charge in [0.05, 0.1) is 17.2 Å². The van der Waals surface area contributed by atoms with Crippen LogP contribution < -0.4 is 11.0 Å². The molecule has 1 aromatic heterocycles. The van der Waals surface area contributed by atoms with Gasteiger partial charge in [0.25, 0.3) is 5.56 Å². The van der Waals surface area contributed by atoms with Crippen molar-refractivity contribution in [2.24, 2.45) is 0 Å². The summed E-state index contributed by atoms with van der Waals surface area (Å²) >= 11 is 0. The molecule has 2 heterocycles. The van der Waals surface area contributed by atoms with Gasteiger partial charge in [-0.1, -0.05) is 11.5 Å². The lowest BCUT2D eigenvalue weighted by molar-refractivity contribution is 0.0187. The van der Waals surface area contributed by atoms with Crippen molar-refractivity contribution in [1.82, 2.24) is 14.5 Å². The molecule has 1 aliphatic rings. The average molecular weight is 339 g/mol. The summed E-state index contributed by atoms with van der Waals surface area (Å²) in [7, 11) is 5.74. The Balaban J connectivity index is 1.74. The number of carbonyl (C=O) groups excluding carboxylic acids is 1. The molecule has 6 nitrogen and oxygen atoms in total. The number of benzene rings is 1. The van der Waals surface area contributed by atoms with E-state index in [0.717, 1.165) is 0 Å². The number of piperidine rings is 1. The zero-order chi connectivity index (χ0) is 18.2. The van der Waals surface area contributed by atoms with Gasteiger partial charge in [0.2, 0.25) is 0 Å². The summed E-state index contributed by atoms with van der Waals surface area (Å²) in [6, 6.07) is 5.15. The maximum Gasteiger partial charge on any atom is 0.410 e. The van der Waals surface area contributed by atoms with Crippen LogP contribution in [0.25, 0.3) is 10.9 Å². The molecule has 3 rings (SSSR count). The lowest BCUT2D eigenvalue weighted by Crippen LogP contribution is -2.43. The first-order valence-electron chi connectivity index (χ1n) is 8.49. The molecule has 0 aliphatic carbocycles. The Morgan fingerprint density at radius 3 is 2.60 bits per heavy atom. The molecule has 2 radical (unpaired) electrons. The Morgan fingerprint density at radius 1 is 1.28 bits per heavy atom. The lowest BCUT2D eigenvalue weighted by atomic mass is 9.95. The SMILES string of the molecule is [B]c1ccc2c(=O)n(C3CCN(C(=O)OC(C)(C)C)CC3)cnc2c1. The number of aromatic nitrogens is 2. The molecule has 0 N–H and O–H groups in total. The minimum Gasteiger partial charge on any atom is -0.444 e. The molecule has 2 aromatic rings. The highest BCUT2D eigenvalue weighted by Gasteiger charge is 2.28. The molecule has 25 heavy (non-hydrogen) atoms. The summed E-state index contributed by atoms with van der Waals surface area (Å²) in [5, 5.41) is 0.561. The van der Waals surface area contributed by atoms with Crippen molar-refractivity contribution in [3.05, 3.63) is 34.9 Å². The van der Waals surface area contributed by atoms with Crippen molar-refractivity contribution in [3.63, 3.8) is 0 Å². The summed E-state index contributed by atoms with van der Waals surface area (Å²) in [4.78, 5) is 30.9. The average Bonchev–Trinajstić information content (AvgIpc) is 2.53. The summed E-state index contributed by atoms with van der Waals surface area (Å²) in [5.74, 6) is 0. The number of likely N-dealkylation sites (tertiary alicyclic amines) is 1. The molecule has 0 saturated carbocycles. The predicted molar refractivity (Wildman–Crippen MR) is 97.5 cm³/mol.